The number of hydrogen-bond donors (Lipinski definition) is 0. The predicted molar refractivity (Wildman–Crippen MR) is 78.5 cm³/mol. The standard InChI is InChI=1S/C14H12BrNO3S/c1-9-2-4-10(5-3-9)20(18,19)16-8-12-11(14(16)15)6-7-13(12)17/h2-5,8H,6-7H2,1H3. The second kappa shape index (κ2) is 4.56. The molecule has 0 spiro atoms. The minimum Gasteiger partial charge on any atom is -0.294 e. The van der Waals surface area contributed by atoms with Crippen LogP contribution >= 0.6 is 15.9 Å². The van der Waals surface area contributed by atoms with Crippen LogP contribution in [0.15, 0.2) is 40.0 Å². The zero-order chi connectivity index (χ0) is 14.5. The predicted octanol–water partition coefficient (Wildman–Crippen LogP) is 2.92. The molecule has 1 aromatic heterocycles. The second-order valence-corrected chi connectivity index (χ2v) is 7.42. The molecule has 0 saturated carbocycles. The number of carbonyl (C=O) groups is 1. The van der Waals surface area contributed by atoms with Crippen LogP contribution in [0.25, 0.3) is 0 Å². The van der Waals surface area contributed by atoms with Gasteiger partial charge in [0.2, 0.25) is 0 Å². The summed E-state index contributed by atoms with van der Waals surface area (Å²) < 4.78 is 26.8. The fourth-order valence-corrected chi connectivity index (χ4v) is 4.70. The average Bonchev–Trinajstić information content (AvgIpc) is 2.92. The summed E-state index contributed by atoms with van der Waals surface area (Å²) in [7, 11) is -3.67. The third-order valence-electron chi connectivity index (χ3n) is 3.49. The van der Waals surface area contributed by atoms with Crippen molar-refractivity contribution in [1.29, 1.82) is 0 Å². The molecule has 0 atom stereocenters. The molecule has 0 radical (unpaired) electrons. The highest BCUT2D eigenvalue weighted by atomic mass is 79.9. The lowest BCUT2D eigenvalue weighted by atomic mass is 10.2. The summed E-state index contributed by atoms with van der Waals surface area (Å²) in [6.45, 7) is 1.90. The highest BCUT2D eigenvalue weighted by Crippen LogP contribution is 2.33. The molecule has 3 rings (SSSR count). The van der Waals surface area contributed by atoms with Gasteiger partial charge in [0, 0.05) is 18.2 Å². The fraction of sp³-hybridized carbons (Fsp3) is 0.214. The molecule has 0 bridgehead atoms. The van der Waals surface area contributed by atoms with Gasteiger partial charge in [-0.1, -0.05) is 17.7 Å². The van der Waals surface area contributed by atoms with Crippen molar-refractivity contribution in [3.05, 3.63) is 51.8 Å². The van der Waals surface area contributed by atoms with E-state index < -0.39 is 10.0 Å². The molecule has 2 aromatic rings. The maximum absolute atomic E-state index is 12.6. The Labute approximate surface area is 125 Å². The largest absolute Gasteiger partial charge is 0.294 e. The van der Waals surface area contributed by atoms with E-state index >= 15 is 0 Å². The zero-order valence-electron chi connectivity index (χ0n) is 10.8. The molecule has 4 nitrogen and oxygen atoms in total. The number of ketones is 1. The van der Waals surface area contributed by atoms with Gasteiger partial charge in [-0.2, -0.15) is 0 Å². The SMILES string of the molecule is Cc1ccc(S(=O)(=O)n2cc3c(c2Br)CCC3=O)cc1. The van der Waals surface area contributed by atoms with Crippen molar-refractivity contribution in [2.24, 2.45) is 0 Å². The number of aryl methyl sites for hydroxylation is 1. The van der Waals surface area contributed by atoms with Crippen LogP contribution in [-0.4, -0.2) is 18.2 Å². The van der Waals surface area contributed by atoms with E-state index in [-0.39, 0.29) is 10.7 Å². The van der Waals surface area contributed by atoms with Crippen LogP contribution in [0, 0.1) is 6.92 Å². The molecule has 1 aromatic carbocycles. The summed E-state index contributed by atoms with van der Waals surface area (Å²) in [5.41, 5.74) is 2.28. The summed E-state index contributed by atoms with van der Waals surface area (Å²) in [4.78, 5) is 11.9. The normalized spacial score (nSPS) is 14.6. The Balaban J connectivity index is 2.16. The Morgan fingerprint density at radius 3 is 2.40 bits per heavy atom. The molecule has 0 amide bonds. The van der Waals surface area contributed by atoms with Crippen molar-refractivity contribution in [2.75, 3.05) is 0 Å². The van der Waals surface area contributed by atoms with E-state index in [1.54, 1.807) is 24.3 Å². The number of hydrogen-bond acceptors (Lipinski definition) is 3. The molecule has 1 aliphatic rings. The van der Waals surface area contributed by atoms with E-state index in [0.717, 1.165) is 15.1 Å². The van der Waals surface area contributed by atoms with Gasteiger partial charge in [-0.05, 0) is 47.0 Å². The van der Waals surface area contributed by atoms with E-state index in [1.807, 2.05) is 6.92 Å². The summed E-state index contributed by atoms with van der Waals surface area (Å²) in [5, 5.41) is 0. The quantitative estimate of drug-likeness (QED) is 0.833. The minimum absolute atomic E-state index is 0.00134. The maximum atomic E-state index is 12.6. The number of fused-ring (bicyclic) bond motifs is 1. The lowest BCUT2D eigenvalue weighted by Crippen LogP contribution is -2.13. The highest BCUT2D eigenvalue weighted by Gasteiger charge is 2.30. The molecule has 0 saturated heterocycles. The molecule has 0 aliphatic heterocycles. The molecule has 0 N–H and O–H groups in total. The Morgan fingerprint density at radius 1 is 1.15 bits per heavy atom. The van der Waals surface area contributed by atoms with Gasteiger partial charge in [0.05, 0.1) is 4.90 Å². The summed E-state index contributed by atoms with van der Waals surface area (Å²) in [6, 6.07) is 6.65. The zero-order valence-corrected chi connectivity index (χ0v) is 13.2. The average molecular weight is 354 g/mol. The summed E-state index contributed by atoms with van der Waals surface area (Å²) in [6.07, 6.45) is 2.46. The van der Waals surface area contributed by atoms with Crippen molar-refractivity contribution in [3.63, 3.8) is 0 Å². The van der Waals surface area contributed by atoms with Gasteiger partial charge in [-0.3, -0.25) is 4.79 Å². The van der Waals surface area contributed by atoms with E-state index in [9.17, 15) is 13.2 Å². The number of rotatable bonds is 2. The third kappa shape index (κ3) is 1.94. The van der Waals surface area contributed by atoms with Crippen LogP contribution in [0.5, 0.6) is 0 Å². The smallest absolute Gasteiger partial charge is 0.268 e. The van der Waals surface area contributed by atoms with E-state index in [4.69, 9.17) is 0 Å². The van der Waals surface area contributed by atoms with Crippen LogP contribution < -0.4 is 0 Å². The number of aromatic nitrogens is 1. The van der Waals surface area contributed by atoms with Gasteiger partial charge >= 0.3 is 0 Å². The third-order valence-corrected chi connectivity index (χ3v) is 6.26. The topological polar surface area (TPSA) is 56.1 Å². The van der Waals surface area contributed by atoms with Gasteiger partial charge in [-0.15, -0.1) is 0 Å². The summed E-state index contributed by atoms with van der Waals surface area (Å²) in [5.74, 6) is -0.00134. The molecule has 1 heterocycles. The van der Waals surface area contributed by atoms with Crippen LogP contribution in [0.1, 0.15) is 27.9 Å². The number of nitrogens with zero attached hydrogens (tertiary/aromatic N) is 1. The molecular weight excluding hydrogens is 342 g/mol. The van der Waals surface area contributed by atoms with Crippen molar-refractivity contribution in [2.45, 2.75) is 24.7 Å². The fourth-order valence-electron chi connectivity index (χ4n) is 2.35. The van der Waals surface area contributed by atoms with E-state index in [2.05, 4.69) is 15.9 Å². The Bertz CT molecular complexity index is 804. The van der Waals surface area contributed by atoms with E-state index in [1.165, 1.54) is 6.20 Å². The molecule has 20 heavy (non-hydrogen) atoms. The van der Waals surface area contributed by atoms with Gasteiger partial charge < -0.3 is 0 Å². The van der Waals surface area contributed by atoms with Gasteiger partial charge in [-0.25, -0.2) is 12.4 Å². The Morgan fingerprint density at radius 2 is 1.80 bits per heavy atom. The van der Waals surface area contributed by atoms with Crippen LogP contribution in [0.2, 0.25) is 0 Å². The molecule has 1 aliphatic carbocycles. The monoisotopic (exact) mass is 353 g/mol. The minimum atomic E-state index is -3.67. The molecular formula is C14H12BrNO3S. The number of benzene rings is 1. The molecule has 104 valence electrons. The lowest BCUT2D eigenvalue weighted by molar-refractivity contribution is 0.0994. The number of carbonyl (C=O) groups excluding carboxylic acids is 1. The van der Waals surface area contributed by atoms with Crippen molar-refractivity contribution in [1.82, 2.24) is 3.97 Å². The number of halogens is 1. The highest BCUT2D eigenvalue weighted by molar-refractivity contribution is 9.10. The lowest BCUT2D eigenvalue weighted by Gasteiger charge is -2.08. The summed E-state index contributed by atoms with van der Waals surface area (Å²) >= 11 is 3.31. The van der Waals surface area contributed by atoms with Gasteiger partial charge in [0.25, 0.3) is 10.0 Å². The molecule has 6 heteroatoms. The first-order chi connectivity index (χ1) is 9.41. The van der Waals surface area contributed by atoms with E-state index in [0.29, 0.717) is 23.0 Å². The Kier molecular flexibility index (Phi) is 3.10. The van der Waals surface area contributed by atoms with Crippen molar-refractivity contribution in [3.8, 4) is 0 Å². The number of Topliss-reactive ketones (excluding diaryl/α,β-unsaturated/α-hetero) is 1. The first-order valence-electron chi connectivity index (χ1n) is 6.16. The van der Waals surface area contributed by atoms with Crippen molar-refractivity contribution >= 4 is 31.7 Å². The van der Waals surface area contributed by atoms with Crippen LogP contribution in [-0.2, 0) is 16.4 Å². The van der Waals surface area contributed by atoms with Crippen LogP contribution in [0.3, 0.4) is 0 Å². The maximum Gasteiger partial charge on any atom is 0.268 e. The van der Waals surface area contributed by atoms with Crippen molar-refractivity contribution < 1.29 is 13.2 Å². The van der Waals surface area contributed by atoms with Gasteiger partial charge in [0.1, 0.15) is 4.60 Å². The van der Waals surface area contributed by atoms with Gasteiger partial charge in [0.15, 0.2) is 5.78 Å². The van der Waals surface area contributed by atoms with Crippen LogP contribution in [0.4, 0.5) is 0 Å². The first-order valence-corrected chi connectivity index (χ1v) is 8.40. The Hall–Kier alpha value is -1.40. The molecule has 0 unspecified atom stereocenters. The first kappa shape index (κ1) is 13.6. The molecule has 0 fully saturated rings. The second-order valence-electron chi connectivity index (χ2n) is 4.85.